The van der Waals surface area contributed by atoms with E-state index in [1.54, 1.807) is 0 Å². The van der Waals surface area contributed by atoms with Crippen molar-refractivity contribution in [3.05, 3.63) is 34.6 Å². The van der Waals surface area contributed by atoms with Gasteiger partial charge in [0.15, 0.2) is 23.3 Å². The van der Waals surface area contributed by atoms with Gasteiger partial charge in [0.1, 0.15) is 0 Å². The molecule has 1 atom stereocenters. The Morgan fingerprint density at radius 3 is 1.72 bits per heavy atom. The summed E-state index contributed by atoms with van der Waals surface area (Å²) in [5.41, 5.74) is -1.13. The second-order valence-electron chi connectivity index (χ2n) is 4.53. The molecule has 6 heteroatoms. The molecule has 18 heavy (non-hydrogen) atoms. The quantitative estimate of drug-likeness (QED) is 0.503. The highest BCUT2D eigenvalue weighted by Gasteiger charge is 2.31. The van der Waals surface area contributed by atoms with Crippen LogP contribution in [0.5, 0.6) is 0 Å². The van der Waals surface area contributed by atoms with Crippen molar-refractivity contribution in [3.63, 3.8) is 0 Å². The molecule has 1 aromatic carbocycles. The SMILES string of the molecule is OC(CC1CCC1)c1c(F)c(F)c(F)c(F)c1F. The first-order valence-electron chi connectivity index (χ1n) is 5.62. The summed E-state index contributed by atoms with van der Waals surface area (Å²) in [5, 5.41) is 9.62. The van der Waals surface area contributed by atoms with Crippen molar-refractivity contribution in [2.24, 2.45) is 5.92 Å². The molecule has 1 aliphatic carbocycles. The predicted octanol–water partition coefficient (Wildman–Crippen LogP) is 3.61. The molecule has 1 fully saturated rings. The van der Waals surface area contributed by atoms with Gasteiger partial charge in [-0.25, -0.2) is 22.0 Å². The molecule has 0 aliphatic heterocycles. The molecule has 1 aliphatic rings. The maximum atomic E-state index is 13.3. The number of rotatable bonds is 3. The molecule has 0 spiro atoms. The van der Waals surface area contributed by atoms with Crippen molar-refractivity contribution >= 4 is 0 Å². The smallest absolute Gasteiger partial charge is 0.200 e. The summed E-state index contributed by atoms with van der Waals surface area (Å²) in [7, 11) is 0. The standard InChI is InChI=1S/C12H11F5O/c13-8-7(6(18)4-5-2-1-3-5)9(14)11(16)12(17)10(8)15/h5-6,18H,1-4H2. The average molecular weight is 266 g/mol. The van der Waals surface area contributed by atoms with Crippen LogP contribution in [0.4, 0.5) is 22.0 Å². The summed E-state index contributed by atoms with van der Waals surface area (Å²) < 4.78 is 65.3. The first-order valence-corrected chi connectivity index (χ1v) is 5.62. The largest absolute Gasteiger partial charge is 0.388 e. The van der Waals surface area contributed by atoms with Crippen molar-refractivity contribution in [1.82, 2.24) is 0 Å². The van der Waals surface area contributed by atoms with E-state index in [0.717, 1.165) is 19.3 Å². The molecular weight excluding hydrogens is 255 g/mol. The van der Waals surface area contributed by atoms with Crippen LogP contribution in [-0.2, 0) is 0 Å². The van der Waals surface area contributed by atoms with E-state index in [9.17, 15) is 27.1 Å². The fraction of sp³-hybridized carbons (Fsp3) is 0.500. The Labute approximate surface area is 100 Å². The monoisotopic (exact) mass is 266 g/mol. The van der Waals surface area contributed by atoms with Gasteiger partial charge >= 0.3 is 0 Å². The third-order valence-corrected chi connectivity index (χ3v) is 3.36. The van der Waals surface area contributed by atoms with E-state index in [4.69, 9.17) is 0 Å². The van der Waals surface area contributed by atoms with Gasteiger partial charge in [-0.2, -0.15) is 0 Å². The molecule has 0 radical (unpaired) electrons. The van der Waals surface area contributed by atoms with Gasteiger partial charge in [-0.15, -0.1) is 0 Å². The van der Waals surface area contributed by atoms with E-state index < -0.39 is 40.8 Å². The van der Waals surface area contributed by atoms with Gasteiger partial charge in [0.05, 0.1) is 11.7 Å². The first kappa shape index (κ1) is 13.3. The van der Waals surface area contributed by atoms with Crippen LogP contribution in [-0.4, -0.2) is 5.11 Å². The van der Waals surface area contributed by atoms with Crippen molar-refractivity contribution in [3.8, 4) is 0 Å². The van der Waals surface area contributed by atoms with Gasteiger partial charge < -0.3 is 5.11 Å². The number of benzene rings is 1. The molecule has 0 aromatic heterocycles. The highest BCUT2D eigenvalue weighted by Crippen LogP contribution is 2.37. The number of hydrogen-bond donors (Lipinski definition) is 1. The maximum Gasteiger partial charge on any atom is 0.200 e. The van der Waals surface area contributed by atoms with Crippen molar-refractivity contribution in [1.29, 1.82) is 0 Å². The lowest BCUT2D eigenvalue weighted by Gasteiger charge is -2.27. The number of aliphatic hydroxyl groups excluding tert-OH is 1. The molecule has 0 saturated heterocycles. The van der Waals surface area contributed by atoms with Gasteiger partial charge in [0.2, 0.25) is 5.82 Å². The maximum absolute atomic E-state index is 13.3. The lowest BCUT2D eigenvalue weighted by molar-refractivity contribution is 0.109. The minimum atomic E-state index is -2.20. The zero-order valence-corrected chi connectivity index (χ0v) is 9.32. The summed E-state index contributed by atoms with van der Waals surface area (Å²) >= 11 is 0. The highest BCUT2D eigenvalue weighted by atomic mass is 19.2. The lowest BCUT2D eigenvalue weighted by atomic mass is 9.80. The minimum Gasteiger partial charge on any atom is -0.388 e. The first-order chi connectivity index (χ1) is 8.43. The molecule has 1 saturated carbocycles. The van der Waals surface area contributed by atoms with Crippen LogP contribution in [0.25, 0.3) is 0 Å². The van der Waals surface area contributed by atoms with Crippen molar-refractivity contribution in [2.75, 3.05) is 0 Å². The molecule has 1 unspecified atom stereocenters. The second-order valence-corrected chi connectivity index (χ2v) is 4.53. The molecule has 1 nitrogen and oxygen atoms in total. The Kier molecular flexibility index (Phi) is 3.56. The van der Waals surface area contributed by atoms with Gasteiger partial charge in [0, 0.05) is 0 Å². The zero-order chi connectivity index (χ0) is 13.4. The molecular formula is C12H11F5O. The number of hydrogen-bond acceptors (Lipinski definition) is 1. The summed E-state index contributed by atoms with van der Waals surface area (Å²) in [6, 6.07) is 0. The van der Waals surface area contributed by atoms with E-state index in [1.807, 2.05) is 0 Å². The minimum absolute atomic E-state index is 0.0123. The highest BCUT2D eigenvalue weighted by molar-refractivity contribution is 5.26. The van der Waals surface area contributed by atoms with Gasteiger partial charge in [-0.05, 0) is 12.3 Å². The third-order valence-electron chi connectivity index (χ3n) is 3.36. The Hall–Kier alpha value is -1.17. The third kappa shape index (κ3) is 2.09. The van der Waals surface area contributed by atoms with E-state index in [-0.39, 0.29) is 12.3 Å². The summed E-state index contributed by atoms with van der Waals surface area (Å²) in [6.45, 7) is 0. The van der Waals surface area contributed by atoms with Crippen LogP contribution in [0.15, 0.2) is 0 Å². The van der Waals surface area contributed by atoms with Gasteiger partial charge in [-0.1, -0.05) is 19.3 Å². The van der Waals surface area contributed by atoms with Gasteiger partial charge in [0.25, 0.3) is 0 Å². The Bertz CT molecular complexity index is 441. The van der Waals surface area contributed by atoms with E-state index >= 15 is 0 Å². The van der Waals surface area contributed by atoms with Crippen LogP contribution in [0.3, 0.4) is 0 Å². The molecule has 2 rings (SSSR count). The van der Waals surface area contributed by atoms with E-state index in [0.29, 0.717) is 0 Å². The summed E-state index contributed by atoms with van der Waals surface area (Å²) in [6.07, 6.45) is 0.895. The van der Waals surface area contributed by atoms with E-state index in [1.165, 1.54) is 0 Å². The van der Waals surface area contributed by atoms with Gasteiger partial charge in [-0.3, -0.25) is 0 Å². The van der Waals surface area contributed by atoms with E-state index in [2.05, 4.69) is 0 Å². The normalized spacial score (nSPS) is 17.7. The van der Waals surface area contributed by atoms with Crippen LogP contribution in [0, 0.1) is 35.0 Å². The Morgan fingerprint density at radius 1 is 0.889 bits per heavy atom. The fourth-order valence-electron chi connectivity index (χ4n) is 2.08. The van der Waals surface area contributed by atoms with Crippen molar-refractivity contribution < 1.29 is 27.1 Å². The van der Waals surface area contributed by atoms with Crippen LogP contribution < -0.4 is 0 Å². The molecule has 100 valence electrons. The number of halogens is 5. The molecule has 0 bridgehead atoms. The Morgan fingerprint density at radius 2 is 1.33 bits per heavy atom. The lowest BCUT2D eigenvalue weighted by Crippen LogP contribution is -2.18. The van der Waals surface area contributed by atoms with Crippen LogP contribution in [0.2, 0.25) is 0 Å². The van der Waals surface area contributed by atoms with Crippen LogP contribution >= 0.6 is 0 Å². The fourth-order valence-corrected chi connectivity index (χ4v) is 2.08. The molecule has 0 heterocycles. The summed E-state index contributed by atoms with van der Waals surface area (Å²) in [5.74, 6) is -10.1. The Balaban J connectivity index is 2.36. The average Bonchev–Trinajstić information content (AvgIpc) is 2.29. The molecule has 1 aromatic rings. The molecule has 1 N–H and O–H groups in total. The summed E-state index contributed by atoms with van der Waals surface area (Å²) in [4.78, 5) is 0. The zero-order valence-electron chi connectivity index (χ0n) is 9.32. The predicted molar refractivity (Wildman–Crippen MR) is 53.1 cm³/mol. The van der Waals surface area contributed by atoms with Crippen LogP contribution in [0.1, 0.15) is 37.4 Å². The second kappa shape index (κ2) is 4.84. The number of aliphatic hydroxyl groups is 1. The van der Waals surface area contributed by atoms with Crippen molar-refractivity contribution in [2.45, 2.75) is 31.8 Å². The molecule has 0 amide bonds. The topological polar surface area (TPSA) is 20.2 Å².